The van der Waals surface area contributed by atoms with Gasteiger partial charge in [0.1, 0.15) is 6.54 Å². The van der Waals surface area contributed by atoms with Gasteiger partial charge in [-0.05, 0) is 17.7 Å². The lowest BCUT2D eigenvalue weighted by atomic mass is 10.1. The molecule has 0 bridgehead atoms. The van der Waals surface area contributed by atoms with Gasteiger partial charge in [-0.15, -0.1) is 0 Å². The summed E-state index contributed by atoms with van der Waals surface area (Å²) in [5.74, 6) is 0.412. The summed E-state index contributed by atoms with van der Waals surface area (Å²) in [5.41, 5.74) is 1.30. The minimum Gasteiger partial charge on any atom is -0.392 e. The van der Waals surface area contributed by atoms with Crippen molar-refractivity contribution in [1.29, 1.82) is 5.26 Å². The highest BCUT2D eigenvalue weighted by Gasteiger charge is 2.17. The highest BCUT2D eigenvalue weighted by atomic mass is 16.3. The van der Waals surface area contributed by atoms with Crippen molar-refractivity contribution in [2.45, 2.75) is 13.2 Å². The Morgan fingerprint density at radius 3 is 3.05 bits per heavy atom. The molecule has 3 rings (SSSR count). The molecule has 0 amide bonds. The summed E-state index contributed by atoms with van der Waals surface area (Å²) in [5, 5.41) is 21.6. The molecule has 1 aliphatic rings. The standard InChI is InChI=1S/C12H9N5O2/c13-1-2-17-11-10-8(14-6-15-11)3-7(5-18)4-9(10)16-12(17)19/h3-4,6,18H,2,5H2,(H,14,15). The molecule has 0 spiro atoms. The van der Waals surface area contributed by atoms with E-state index in [4.69, 9.17) is 5.26 Å². The highest BCUT2D eigenvalue weighted by Crippen LogP contribution is 2.33. The van der Waals surface area contributed by atoms with Crippen LogP contribution >= 0.6 is 0 Å². The molecule has 2 heterocycles. The average Bonchev–Trinajstić information content (AvgIpc) is 2.42. The van der Waals surface area contributed by atoms with Crippen LogP contribution < -0.4 is 11.0 Å². The Labute approximate surface area is 107 Å². The van der Waals surface area contributed by atoms with Crippen LogP contribution in [-0.2, 0) is 13.2 Å². The van der Waals surface area contributed by atoms with Crippen LogP contribution in [0.4, 0.5) is 11.5 Å². The van der Waals surface area contributed by atoms with Crippen LogP contribution in [-0.4, -0.2) is 21.0 Å². The van der Waals surface area contributed by atoms with Crippen molar-refractivity contribution in [2.24, 2.45) is 4.99 Å². The molecule has 0 atom stereocenters. The second kappa shape index (κ2) is 4.19. The number of nitrogens with zero attached hydrogens (tertiary/aromatic N) is 4. The number of hydrogen-bond acceptors (Lipinski definition) is 6. The maximum absolute atomic E-state index is 11.9. The van der Waals surface area contributed by atoms with E-state index >= 15 is 0 Å². The maximum atomic E-state index is 11.9. The Hall–Kier alpha value is -2.72. The lowest BCUT2D eigenvalue weighted by molar-refractivity contribution is 0.282. The van der Waals surface area contributed by atoms with Crippen molar-refractivity contribution in [3.05, 3.63) is 28.2 Å². The summed E-state index contributed by atoms with van der Waals surface area (Å²) >= 11 is 0. The number of hydrogen-bond donors (Lipinski definition) is 2. The van der Waals surface area contributed by atoms with Gasteiger partial charge in [0.15, 0.2) is 5.82 Å². The van der Waals surface area contributed by atoms with Crippen LogP contribution in [0.15, 0.2) is 21.9 Å². The van der Waals surface area contributed by atoms with Crippen LogP contribution in [0.25, 0.3) is 10.9 Å². The molecule has 0 saturated carbocycles. The molecule has 7 nitrogen and oxygen atoms in total. The Kier molecular flexibility index (Phi) is 2.51. The van der Waals surface area contributed by atoms with Crippen LogP contribution in [0.1, 0.15) is 5.56 Å². The third-order valence-corrected chi connectivity index (χ3v) is 2.92. The SMILES string of the molecule is N#CCn1c2c3c(cc(CO)cc3nc1=O)NC=N2. The van der Waals surface area contributed by atoms with Crippen molar-refractivity contribution in [2.75, 3.05) is 5.32 Å². The summed E-state index contributed by atoms with van der Waals surface area (Å²) in [6, 6.07) is 5.32. The van der Waals surface area contributed by atoms with Gasteiger partial charge >= 0.3 is 5.69 Å². The normalized spacial score (nSPS) is 12.2. The monoisotopic (exact) mass is 255 g/mol. The zero-order chi connectivity index (χ0) is 13.4. The average molecular weight is 255 g/mol. The number of benzene rings is 1. The molecule has 2 aromatic rings. The van der Waals surface area contributed by atoms with Crippen LogP contribution in [0.5, 0.6) is 0 Å². The number of aromatic nitrogens is 2. The molecule has 19 heavy (non-hydrogen) atoms. The smallest absolute Gasteiger partial charge is 0.350 e. The summed E-state index contributed by atoms with van der Waals surface area (Å²) < 4.78 is 1.22. The topological polar surface area (TPSA) is 103 Å². The quantitative estimate of drug-likeness (QED) is 0.813. The zero-order valence-corrected chi connectivity index (χ0v) is 9.79. The second-order valence-corrected chi connectivity index (χ2v) is 4.06. The summed E-state index contributed by atoms with van der Waals surface area (Å²) in [7, 11) is 0. The molecule has 7 heteroatoms. The summed E-state index contributed by atoms with van der Waals surface area (Å²) in [6.45, 7) is -0.240. The van der Waals surface area contributed by atoms with E-state index in [1.165, 1.54) is 10.9 Å². The minimum absolute atomic E-state index is 0.102. The largest absolute Gasteiger partial charge is 0.392 e. The molecule has 94 valence electrons. The van der Waals surface area contributed by atoms with E-state index in [0.717, 1.165) is 0 Å². The molecule has 2 N–H and O–H groups in total. The van der Waals surface area contributed by atoms with Crippen LogP contribution in [0.3, 0.4) is 0 Å². The molecular formula is C12H9N5O2. The zero-order valence-electron chi connectivity index (χ0n) is 9.79. The van der Waals surface area contributed by atoms with E-state index in [2.05, 4.69) is 15.3 Å². The predicted molar refractivity (Wildman–Crippen MR) is 69.3 cm³/mol. The van der Waals surface area contributed by atoms with Crippen molar-refractivity contribution < 1.29 is 5.11 Å². The number of nitrogens with one attached hydrogen (secondary N) is 1. The molecule has 0 unspecified atom stereocenters. The van der Waals surface area contributed by atoms with Crippen molar-refractivity contribution >= 4 is 28.7 Å². The van der Waals surface area contributed by atoms with E-state index < -0.39 is 5.69 Å². The molecular weight excluding hydrogens is 246 g/mol. The molecule has 0 aliphatic carbocycles. The van der Waals surface area contributed by atoms with Gasteiger partial charge in [0.2, 0.25) is 0 Å². The fourth-order valence-corrected chi connectivity index (χ4v) is 2.11. The van der Waals surface area contributed by atoms with Crippen molar-refractivity contribution in [3.63, 3.8) is 0 Å². The third-order valence-electron chi connectivity index (χ3n) is 2.92. The molecule has 0 fully saturated rings. The van der Waals surface area contributed by atoms with Gasteiger partial charge in [0.25, 0.3) is 0 Å². The summed E-state index contributed by atoms with van der Waals surface area (Å²) in [4.78, 5) is 19.9. The minimum atomic E-state index is -0.524. The number of aliphatic imine (C=N–C) groups is 1. The fourth-order valence-electron chi connectivity index (χ4n) is 2.11. The van der Waals surface area contributed by atoms with Gasteiger partial charge in [0, 0.05) is 0 Å². The number of anilines is 1. The van der Waals surface area contributed by atoms with E-state index in [-0.39, 0.29) is 13.2 Å². The lowest BCUT2D eigenvalue weighted by Crippen LogP contribution is -2.24. The molecule has 1 aromatic carbocycles. The molecule has 0 saturated heterocycles. The van der Waals surface area contributed by atoms with Crippen molar-refractivity contribution in [3.8, 4) is 6.07 Å². The Balaban J connectivity index is 2.44. The van der Waals surface area contributed by atoms with Gasteiger partial charge in [-0.2, -0.15) is 10.2 Å². The maximum Gasteiger partial charge on any atom is 0.350 e. The van der Waals surface area contributed by atoms with Gasteiger partial charge in [-0.25, -0.2) is 9.79 Å². The second-order valence-electron chi connectivity index (χ2n) is 4.06. The van der Waals surface area contributed by atoms with Gasteiger partial charge in [0.05, 0.1) is 35.6 Å². The molecule has 1 aromatic heterocycles. The highest BCUT2D eigenvalue weighted by molar-refractivity contribution is 6.06. The van der Waals surface area contributed by atoms with E-state index in [1.807, 2.05) is 6.07 Å². The first-order valence-corrected chi connectivity index (χ1v) is 5.59. The Morgan fingerprint density at radius 2 is 2.32 bits per heavy atom. The first-order chi connectivity index (χ1) is 9.24. The predicted octanol–water partition coefficient (Wildman–Crippen LogP) is 0.498. The molecule has 0 radical (unpaired) electrons. The number of nitriles is 1. The van der Waals surface area contributed by atoms with Crippen molar-refractivity contribution in [1.82, 2.24) is 9.55 Å². The first-order valence-electron chi connectivity index (χ1n) is 5.59. The number of aliphatic hydroxyl groups is 1. The summed E-state index contributed by atoms with van der Waals surface area (Å²) in [6.07, 6.45) is 1.45. The third kappa shape index (κ3) is 1.66. The van der Waals surface area contributed by atoms with Gasteiger partial charge in [-0.3, -0.25) is 4.57 Å². The first kappa shape index (κ1) is 11.4. The lowest BCUT2D eigenvalue weighted by Gasteiger charge is -2.16. The van der Waals surface area contributed by atoms with E-state index in [9.17, 15) is 9.90 Å². The number of aliphatic hydroxyl groups excluding tert-OH is 1. The van der Waals surface area contributed by atoms with Gasteiger partial charge < -0.3 is 10.4 Å². The van der Waals surface area contributed by atoms with Crippen LogP contribution in [0.2, 0.25) is 0 Å². The molecule has 1 aliphatic heterocycles. The van der Waals surface area contributed by atoms with Crippen LogP contribution in [0, 0.1) is 11.3 Å². The fraction of sp³-hybridized carbons (Fsp3) is 0.167. The Bertz CT molecular complexity index is 800. The van der Waals surface area contributed by atoms with Gasteiger partial charge in [-0.1, -0.05) is 0 Å². The van der Waals surface area contributed by atoms with E-state index in [0.29, 0.717) is 28.0 Å². The number of rotatable bonds is 2. The Morgan fingerprint density at radius 1 is 1.47 bits per heavy atom. The van der Waals surface area contributed by atoms with E-state index in [1.54, 1.807) is 12.1 Å².